The second kappa shape index (κ2) is 8.30. The molecule has 8 nitrogen and oxygen atoms in total. The number of carbonyl (C=O) groups excluding carboxylic acids is 2. The van der Waals surface area contributed by atoms with Crippen LogP contribution in [0.5, 0.6) is 0 Å². The van der Waals surface area contributed by atoms with Gasteiger partial charge in [-0.15, -0.1) is 0 Å². The summed E-state index contributed by atoms with van der Waals surface area (Å²) in [4.78, 5) is 29.1. The first-order valence-electron chi connectivity index (χ1n) is 8.85. The number of aromatic nitrogens is 3. The summed E-state index contributed by atoms with van der Waals surface area (Å²) in [5, 5.41) is 16.0. The van der Waals surface area contributed by atoms with Crippen LogP contribution in [0.1, 0.15) is 51.2 Å². The van der Waals surface area contributed by atoms with E-state index in [4.69, 9.17) is 4.74 Å². The van der Waals surface area contributed by atoms with Gasteiger partial charge in [-0.2, -0.15) is 10.4 Å². The van der Waals surface area contributed by atoms with Gasteiger partial charge in [-0.05, 0) is 37.5 Å². The Morgan fingerprint density at radius 2 is 1.85 bits per heavy atom. The molecule has 8 heteroatoms. The third-order valence-electron chi connectivity index (χ3n) is 5.00. The summed E-state index contributed by atoms with van der Waals surface area (Å²) < 4.78 is 10.4. The predicted molar refractivity (Wildman–Crippen MR) is 91.6 cm³/mol. The number of carbonyl (C=O) groups is 2. The number of hydrogen-bond donors (Lipinski definition) is 1. The number of methoxy groups -OCH3 is 1. The highest BCUT2D eigenvalue weighted by molar-refractivity contribution is 5.87. The lowest BCUT2D eigenvalue weighted by atomic mass is 9.75. The van der Waals surface area contributed by atoms with E-state index >= 15 is 0 Å². The molecule has 0 amide bonds. The SMILES string of the molecule is COC(=O)C(C#N)C(C(=O)OC1C(C)CC(C)CC1C)c1n[nH]c(C)n1. The van der Waals surface area contributed by atoms with Crippen LogP contribution in [0.4, 0.5) is 0 Å². The molecule has 4 unspecified atom stereocenters. The van der Waals surface area contributed by atoms with Gasteiger partial charge in [-0.3, -0.25) is 14.7 Å². The van der Waals surface area contributed by atoms with Crippen LogP contribution < -0.4 is 0 Å². The Bertz CT molecular complexity index is 684. The minimum absolute atomic E-state index is 0.0638. The summed E-state index contributed by atoms with van der Waals surface area (Å²) in [5.41, 5.74) is 0. The normalized spacial score (nSPS) is 27.8. The van der Waals surface area contributed by atoms with Crippen LogP contribution in [-0.4, -0.2) is 40.3 Å². The highest BCUT2D eigenvalue weighted by atomic mass is 16.5. The van der Waals surface area contributed by atoms with E-state index in [2.05, 4.69) is 40.7 Å². The summed E-state index contributed by atoms with van der Waals surface area (Å²) in [6.45, 7) is 7.97. The topological polar surface area (TPSA) is 118 Å². The van der Waals surface area contributed by atoms with Gasteiger partial charge in [0.25, 0.3) is 0 Å². The van der Waals surface area contributed by atoms with Gasteiger partial charge in [0.1, 0.15) is 17.8 Å². The second-order valence-corrected chi connectivity index (χ2v) is 7.32. The quantitative estimate of drug-likeness (QED) is 0.797. The number of ether oxygens (including phenoxy) is 2. The van der Waals surface area contributed by atoms with Crippen LogP contribution in [0.3, 0.4) is 0 Å². The Kier molecular flexibility index (Phi) is 6.35. The first-order chi connectivity index (χ1) is 12.3. The zero-order valence-corrected chi connectivity index (χ0v) is 15.9. The lowest BCUT2D eigenvalue weighted by Crippen LogP contribution is -2.40. The zero-order chi connectivity index (χ0) is 19.4. The Morgan fingerprint density at radius 1 is 1.23 bits per heavy atom. The van der Waals surface area contributed by atoms with Crippen molar-refractivity contribution in [1.29, 1.82) is 5.26 Å². The summed E-state index contributed by atoms with van der Waals surface area (Å²) in [5.74, 6) is -2.55. The van der Waals surface area contributed by atoms with Crippen LogP contribution in [0.15, 0.2) is 0 Å². The van der Waals surface area contributed by atoms with Gasteiger partial charge in [0, 0.05) is 0 Å². The van der Waals surface area contributed by atoms with Crippen molar-refractivity contribution in [2.75, 3.05) is 7.11 Å². The molecule has 0 saturated heterocycles. The molecule has 2 rings (SSSR count). The van der Waals surface area contributed by atoms with Crippen LogP contribution in [0.25, 0.3) is 0 Å². The molecule has 0 aromatic carbocycles. The largest absolute Gasteiger partial charge is 0.468 e. The molecule has 0 aliphatic heterocycles. The maximum Gasteiger partial charge on any atom is 0.324 e. The molecule has 1 aromatic rings. The Balaban J connectivity index is 2.28. The van der Waals surface area contributed by atoms with E-state index in [0.717, 1.165) is 12.8 Å². The monoisotopic (exact) mass is 362 g/mol. The zero-order valence-electron chi connectivity index (χ0n) is 15.9. The Labute approximate surface area is 153 Å². The lowest BCUT2D eigenvalue weighted by Gasteiger charge is -2.37. The molecule has 1 fully saturated rings. The van der Waals surface area contributed by atoms with Crippen molar-refractivity contribution >= 4 is 11.9 Å². The van der Waals surface area contributed by atoms with Gasteiger partial charge in [0.05, 0.1) is 13.2 Å². The smallest absolute Gasteiger partial charge is 0.324 e. The first-order valence-corrected chi connectivity index (χ1v) is 8.85. The predicted octanol–water partition coefficient (Wildman–Crippen LogP) is 2.12. The van der Waals surface area contributed by atoms with Gasteiger partial charge < -0.3 is 9.47 Å². The number of nitrogens with zero attached hydrogens (tertiary/aromatic N) is 3. The van der Waals surface area contributed by atoms with Crippen molar-refractivity contribution in [2.45, 2.75) is 52.6 Å². The molecule has 4 atom stereocenters. The summed E-state index contributed by atoms with van der Waals surface area (Å²) in [6, 6.07) is 1.84. The van der Waals surface area contributed by atoms with E-state index in [1.54, 1.807) is 6.92 Å². The molecular weight excluding hydrogens is 336 g/mol. The van der Waals surface area contributed by atoms with E-state index in [1.165, 1.54) is 7.11 Å². The van der Waals surface area contributed by atoms with E-state index in [-0.39, 0.29) is 23.8 Å². The maximum absolute atomic E-state index is 12.9. The van der Waals surface area contributed by atoms with E-state index in [9.17, 15) is 14.9 Å². The molecule has 1 aliphatic carbocycles. The number of rotatable bonds is 5. The number of aromatic amines is 1. The van der Waals surface area contributed by atoms with Crippen LogP contribution in [0, 0.1) is 41.9 Å². The molecule has 1 aliphatic rings. The van der Waals surface area contributed by atoms with Gasteiger partial charge in [-0.25, -0.2) is 4.98 Å². The molecule has 1 aromatic heterocycles. The fraction of sp³-hybridized carbons (Fsp3) is 0.722. The number of nitriles is 1. The van der Waals surface area contributed by atoms with Crippen molar-refractivity contribution in [3.05, 3.63) is 11.6 Å². The molecule has 1 saturated carbocycles. The molecule has 0 spiro atoms. The van der Waals surface area contributed by atoms with Crippen molar-refractivity contribution < 1.29 is 19.1 Å². The maximum atomic E-state index is 12.9. The summed E-state index contributed by atoms with van der Waals surface area (Å²) in [7, 11) is 1.17. The van der Waals surface area contributed by atoms with Crippen molar-refractivity contribution in [2.24, 2.45) is 23.7 Å². The Morgan fingerprint density at radius 3 is 2.31 bits per heavy atom. The van der Waals surface area contributed by atoms with Gasteiger partial charge >= 0.3 is 11.9 Å². The second-order valence-electron chi connectivity index (χ2n) is 7.32. The number of H-pyrrole nitrogens is 1. The molecule has 0 radical (unpaired) electrons. The molecule has 1 N–H and O–H groups in total. The molecule has 142 valence electrons. The molecular formula is C18H26N4O4. The third-order valence-corrected chi connectivity index (χ3v) is 5.00. The number of hydrogen-bond acceptors (Lipinski definition) is 7. The molecule has 1 heterocycles. The van der Waals surface area contributed by atoms with E-state index in [0.29, 0.717) is 11.7 Å². The summed E-state index contributed by atoms with van der Waals surface area (Å²) in [6.07, 6.45) is 1.66. The van der Waals surface area contributed by atoms with Gasteiger partial charge in [0.2, 0.25) is 0 Å². The fourth-order valence-corrected chi connectivity index (χ4v) is 3.91. The van der Waals surface area contributed by atoms with E-state index < -0.39 is 23.8 Å². The van der Waals surface area contributed by atoms with Crippen molar-refractivity contribution in [1.82, 2.24) is 15.2 Å². The third kappa shape index (κ3) is 4.21. The van der Waals surface area contributed by atoms with Crippen LogP contribution in [0.2, 0.25) is 0 Å². The Hall–Kier alpha value is -2.43. The standard InChI is InChI=1S/C18H26N4O4/c1-9-6-10(2)15(11(3)7-9)26-18(24)14(13(8-19)17(23)25-5)16-20-12(4)21-22-16/h9-11,13-15H,6-7H2,1-5H3,(H,20,21,22). The fourth-order valence-electron chi connectivity index (χ4n) is 3.91. The minimum atomic E-state index is -1.36. The molecule has 26 heavy (non-hydrogen) atoms. The lowest BCUT2D eigenvalue weighted by molar-refractivity contribution is -0.164. The van der Waals surface area contributed by atoms with Gasteiger partial charge in [0.15, 0.2) is 11.7 Å². The average Bonchev–Trinajstić information content (AvgIpc) is 3.00. The van der Waals surface area contributed by atoms with Crippen LogP contribution in [-0.2, 0) is 19.1 Å². The number of aryl methyl sites for hydroxylation is 1. The number of nitrogens with one attached hydrogen (secondary N) is 1. The van der Waals surface area contributed by atoms with Crippen molar-refractivity contribution in [3.8, 4) is 6.07 Å². The van der Waals surface area contributed by atoms with Gasteiger partial charge in [-0.1, -0.05) is 20.8 Å². The highest BCUT2D eigenvalue weighted by Crippen LogP contribution is 2.36. The number of esters is 2. The van der Waals surface area contributed by atoms with Crippen molar-refractivity contribution in [3.63, 3.8) is 0 Å². The van der Waals surface area contributed by atoms with E-state index in [1.807, 2.05) is 6.07 Å². The average molecular weight is 362 g/mol. The van der Waals surface area contributed by atoms with Crippen LogP contribution >= 0.6 is 0 Å². The minimum Gasteiger partial charge on any atom is -0.468 e. The first kappa shape index (κ1) is 19.9. The molecule has 0 bridgehead atoms. The highest BCUT2D eigenvalue weighted by Gasteiger charge is 2.43. The summed E-state index contributed by atoms with van der Waals surface area (Å²) >= 11 is 0.